The van der Waals surface area contributed by atoms with Gasteiger partial charge in [-0.25, -0.2) is 8.42 Å². The van der Waals surface area contributed by atoms with E-state index in [-0.39, 0.29) is 0 Å². The van der Waals surface area contributed by atoms with E-state index in [1.807, 2.05) is 7.05 Å². The fourth-order valence-electron chi connectivity index (χ4n) is 2.62. The van der Waals surface area contributed by atoms with Crippen molar-refractivity contribution >= 4 is 9.84 Å². The van der Waals surface area contributed by atoms with Crippen molar-refractivity contribution in [3.8, 4) is 0 Å². The van der Waals surface area contributed by atoms with Crippen LogP contribution in [0.3, 0.4) is 0 Å². The van der Waals surface area contributed by atoms with E-state index in [0.29, 0.717) is 23.3 Å². The van der Waals surface area contributed by atoms with E-state index in [2.05, 4.69) is 5.32 Å². The number of sulfone groups is 1. The molecule has 4 nitrogen and oxygen atoms in total. The van der Waals surface area contributed by atoms with Gasteiger partial charge in [0.05, 0.1) is 11.5 Å². The topological polar surface area (TPSA) is 55.4 Å². The fraction of sp³-hybridized carbons (Fsp3) is 1.00. The zero-order valence-corrected chi connectivity index (χ0v) is 11.8. The molecular formula is C12H25NO3S. The molecule has 1 rings (SSSR count). The second-order valence-electron chi connectivity index (χ2n) is 4.97. The molecule has 102 valence electrons. The molecule has 0 radical (unpaired) electrons. The Morgan fingerprint density at radius 3 is 2.71 bits per heavy atom. The normalized spacial score (nSPS) is 24.9. The summed E-state index contributed by atoms with van der Waals surface area (Å²) in [6.45, 7) is 1.72. The summed E-state index contributed by atoms with van der Waals surface area (Å²) in [5.41, 5.74) is 0. The van der Waals surface area contributed by atoms with Crippen LogP contribution in [-0.2, 0) is 14.6 Å². The van der Waals surface area contributed by atoms with E-state index < -0.39 is 9.84 Å². The number of rotatable bonds is 8. The van der Waals surface area contributed by atoms with Crippen LogP contribution in [0.4, 0.5) is 0 Å². The minimum Gasteiger partial charge on any atom is -0.385 e. The SMILES string of the molecule is CNCC(CCCCOC)C1CCS(=O)(=O)C1. The number of methoxy groups -OCH3 is 1. The maximum Gasteiger partial charge on any atom is 0.150 e. The van der Waals surface area contributed by atoms with Crippen LogP contribution in [0, 0.1) is 11.8 Å². The first-order valence-corrected chi connectivity index (χ1v) is 8.25. The van der Waals surface area contributed by atoms with E-state index in [1.165, 1.54) is 0 Å². The van der Waals surface area contributed by atoms with Crippen LogP contribution in [0.15, 0.2) is 0 Å². The predicted molar refractivity (Wildman–Crippen MR) is 69.9 cm³/mol. The average Bonchev–Trinajstić information content (AvgIpc) is 2.63. The third kappa shape index (κ3) is 5.36. The second-order valence-corrected chi connectivity index (χ2v) is 7.20. The Morgan fingerprint density at radius 2 is 2.18 bits per heavy atom. The molecule has 0 spiro atoms. The highest BCUT2D eigenvalue weighted by Gasteiger charge is 2.32. The summed E-state index contributed by atoms with van der Waals surface area (Å²) in [4.78, 5) is 0. The van der Waals surface area contributed by atoms with E-state index in [4.69, 9.17) is 4.74 Å². The summed E-state index contributed by atoms with van der Waals surface area (Å²) < 4.78 is 28.0. The van der Waals surface area contributed by atoms with Crippen molar-refractivity contribution in [2.75, 3.05) is 38.8 Å². The van der Waals surface area contributed by atoms with Gasteiger partial charge in [-0.3, -0.25) is 0 Å². The van der Waals surface area contributed by atoms with Gasteiger partial charge < -0.3 is 10.1 Å². The Hall–Kier alpha value is -0.130. The van der Waals surface area contributed by atoms with Crippen molar-refractivity contribution in [1.82, 2.24) is 5.32 Å². The van der Waals surface area contributed by atoms with Gasteiger partial charge in [0.15, 0.2) is 9.84 Å². The molecule has 1 saturated heterocycles. The first-order chi connectivity index (χ1) is 8.09. The number of hydrogen-bond acceptors (Lipinski definition) is 4. The summed E-state index contributed by atoms with van der Waals surface area (Å²) in [5, 5.41) is 3.19. The molecule has 0 bridgehead atoms. The third-order valence-electron chi connectivity index (χ3n) is 3.57. The molecule has 0 aromatic heterocycles. The van der Waals surface area contributed by atoms with Crippen molar-refractivity contribution in [1.29, 1.82) is 0 Å². The lowest BCUT2D eigenvalue weighted by Gasteiger charge is -2.22. The quantitative estimate of drug-likeness (QED) is 0.666. The Kier molecular flexibility index (Phi) is 6.44. The van der Waals surface area contributed by atoms with Crippen molar-refractivity contribution in [2.24, 2.45) is 11.8 Å². The Balaban J connectivity index is 2.37. The van der Waals surface area contributed by atoms with Crippen LogP contribution in [0.25, 0.3) is 0 Å². The molecule has 0 aromatic carbocycles. The lowest BCUT2D eigenvalue weighted by molar-refractivity contribution is 0.187. The smallest absolute Gasteiger partial charge is 0.150 e. The Bertz CT molecular complexity index is 303. The molecular weight excluding hydrogens is 238 g/mol. The molecule has 2 unspecified atom stereocenters. The number of ether oxygens (including phenoxy) is 1. The van der Waals surface area contributed by atoms with E-state index in [0.717, 1.165) is 38.8 Å². The van der Waals surface area contributed by atoms with Crippen LogP contribution in [-0.4, -0.2) is 47.2 Å². The molecule has 17 heavy (non-hydrogen) atoms. The highest BCUT2D eigenvalue weighted by molar-refractivity contribution is 7.91. The van der Waals surface area contributed by atoms with Gasteiger partial charge in [-0.2, -0.15) is 0 Å². The fourth-order valence-corrected chi connectivity index (χ4v) is 4.53. The van der Waals surface area contributed by atoms with E-state index in [1.54, 1.807) is 7.11 Å². The van der Waals surface area contributed by atoms with Crippen molar-refractivity contribution < 1.29 is 13.2 Å². The molecule has 1 N–H and O–H groups in total. The molecule has 0 aliphatic carbocycles. The molecule has 0 aromatic rings. The first kappa shape index (κ1) is 14.9. The van der Waals surface area contributed by atoms with Gasteiger partial charge in [-0.05, 0) is 44.7 Å². The van der Waals surface area contributed by atoms with E-state index >= 15 is 0 Å². The minimum absolute atomic E-state index is 0.356. The van der Waals surface area contributed by atoms with Crippen molar-refractivity contribution in [3.63, 3.8) is 0 Å². The molecule has 2 atom stereocenters. The van der Waals surface area contributed by atoms with Gasteiger partial charge in [0.1, 0.15) is 0 Å². The number of hydrogen-bond donors (Lipinski definition) is 1. The zero-order valence-electron chi connectivity index (χ0n) is 10.9. The van der Waals surface area contributed by atoms with Crippen LogP contribution < -0.4 is 5.32 Å². The first-order valence-electron chi connectivity index (χ1n) is 6.43. The highest BCUT2D eigenvalue weighted by atomic mass is 32.2. The molecule has 5 heteroatoms. The van der Waals surface area contributed by atoms with Gasteiger partial charge in [0.2, 0.25) is 0 Å². The lowest BCUT2D eigenvalue weighted by Crippen LogP contribution is -2.27. The van der Waals surface area contributed by atoms with Crippen LogP contribution >= 0.6 is 0 Å². The highest BCUT2D eigenvalue weighted by Crippen LogP contribution is 2.29. The van der Waals surface area contributed by atoms with Gasteiger partial charge in [-0.15, -0.1) is 0 Å². The standard InChI is InChI=1S/C12H25NO3S/c1-13-9-11(5-3-4-7-16-2)12-6-8-17(14,15)10-12/h11-13H,3-10H2,1-2H3. The van der Waals surface area contributed by atoms with E-state index in [9.17, 15) is 8.42 Å². The number of nitrogens with one attached hydrogen (secondary N) is 1. The van der Waals surface area contributed by atoms with Gasteiger partial charge in [0, 0.05) is 13.7 Å². The summed E-state index contributed by atoms with van der Waals surface area (Å²) in [5.74, 6) is 1.63. The lowest BCUT2D eigenvalue weighted by atomic mass is 9.87. The van der Waals surface area contributed by atoms with Gasteiger partial charge >= 0.3 is 0 Å². The molecule has 1 fully saturated rings. The molecule has 1 heterocycles. The summed E-state index contributed by atoms with van der Waals surface area (Å²) in [6, 6.07) is 0. The Morgan fingerprint density at radius 1 is 1.41 bits per heavy atom. The Labute approximate surface area is 105 Å². The van der Waals surface area contributed by atoms with Crippen molar-refractivity contribution in [3.05, 3.63) is 0 Å². The molecule has 0 amide bonds. The average molecular weight is 263 g/mol. The van der Waals surface area contributed by atoms with Crippen LogP contribution in [0.5, 0.6) is 0 Å². The van der Waals surface area contributed by atoms with Crippen LogP contribution in [0.2, 0.25) is 0 Å². The van der Waals surface area contributed by atoms with Crippen molar-refractivity contribution in [2.45, 2.75) is 25.7 Å². The summed E-state index contributed by atoms with van der Waals surface area (Å²) >= 11 is 0. The monoisotopic (exact) mass is 263 g/mol. The number of unbranched alkanes of at least 4 members (excludes halogenated alkanes) is 1. The largest absolute Gasteiger partial charge is 0.385 e. The maximum absolute atomic E-state index is 11.5. The maximum atomic E-state index is 11.5. The minimum atomic E-state index is -2.75. The molecule has 1 aliphatic rings. The second kappa shape index (κ2) is 7.34. The van der Waals surface area contributed by atoms with Crippen LogP contribution in [0.1, 0.15) is 25.7 Å². The molecule has 1 aliphatic heterocycles. The van der Waals surface area contributed by atoms with Gasteiger partial charge in [0.25, 0.3) is 0 Å². The predicted octanol–water partition coefficient (Wildman–Crippen LogP) is 1.07. The van der Waals surface area contributed by atoms with Gasteiger partial charge in [-0.1, -0.05) is 6.42 Å². The third-order valence-corrected chi connectivity index (χ3v) is 5.37. The molecule has 0 saturated carbocycles. The summed E-state index contributed by atoms with van der Waals surface area (Å²) in [6.07, 6.45) is 4.14. The summed E-state index contributed by atoms with van der Waals surface area (Å²) in [7, 11) is 0.906. The zero-order chi connectivity index (χ0) is 12.7.